The quantitative estimate of drug-likeness (QED) is 0.674. The van der Waals surface area contributed by atoms with Crippen LogP contribution in [0.15, 0.2) is 48.5 Å². The highest BCUT2D eigenvalue weighted by molar-refractivity contribution is 5.98. The summed E-state index contributed by atoms with van der Waals surface area (Å²) in [5, 5.41) is 0. The molecule has 2 aromatic carbocycles. The van der Waals surface area contributed by atoms with Gasteiger partial charge in [-0.3, -0.25) is 4.79 Å². The number of nitrogens with zero attached hydrogens (tertiary/aromatic N) is 1. The smallest absolute Gasteiger partial charge is 0.265 e. The van der Waals surface area contributed by atoms with Gasteiger partial charge in [0.1, 0.15) is 11.5 Å². The van der Waals surface area contributed by atoms with Crippen molar-refractivity contribution in [1.29, 1.82) is 0 Å². The summed E-state index contributed by atoms with van der Waals surface area (Å²) >= 11 is 0. The Kier molecular flexibility index (Phi) is 5.71. The molecule has 23 heavy (non-hydrogen) atoms. The largest absolute Gasteiger partial charge is 0.494 e. The Bertz CT molecular complexity index is 664. The van der Waals surface area contributed by atoms with Crippen molar-refractivity contribution >= 4 is 29.7 Å². The first kappa shape index (κ1) is 17.0. The van der Waals surface area contributed by atoms with Crippen molar-refractivity contribution in [2.75, 3.05) is 30.4 Å². The SMILES string of the molecule is Cl.Nc1ccc2c(c1)N(CCCOc1ccccc1)C(=O)CO2. The van der Waals surface area contributed by atoms with Gasteiger partial charge < -0.3 is 20.1 Å². The van der Waals surface area contributed by atoms with Crippen molar-refractivity contribution in [3.8, 4) is 11.5 Å². The van der Waals surface area contributed by atoms with Gasteiger partial charge in [-0.1, -0.05) is 18.2 Å². The zero-order valence-electron chi connectivity index (χ0n) is 12.6. The summed E-state index contributed by atoms with van der Waals surface area (Å²) < 4.78 is 11.1. The molecule has 2 aromatic rings. The average molecular weight is 335 g/mol. The van der Waals surface area contributed by atoms with E-state index in [0.717, 1.165) is 17.9 Å². The van der Waals surface area contributed by atoms with Crippen molar-refractivity contribution in [3.05, 3.63) is 48.5 Å². The summed E-state index contributed by atoms with van der Waals surface area (Å²) in [6.07, 6.45) is 0.731. The topological polar surface area (TPSA) is 64.8 Å². The van der Waals surface area contributed by atoms with Crippen LogP contribution in [0.5, 0.6) is 11.5 Å². The predicted octanol–water partition coefficient (Wildman–Crippen LogP) is 2.89. The molecule has 0 spiro atoms. The lowest BCUT2D eigenvalue weighted by Crippen LogP contribution is -2.39. The van der Waals surface area contributed by atoms with Crippen molar-refractivity contribution in [1.82, 2.24) is 0 Å². The number of hydrogen-bond acceptors (Lipinski definition) is 4. The summed E-state index contributed by atoms with van der Waals surface area (Å²) in [4.78, 5) is 13.8. The maximum atomic E-state index is 12.1. The fourth-order valence-electron chi connectivity index (χ4n) is 2.39. The van der Waals surface area contributed by atoms with Gasteiger partial charge >= 0.3 is 0 Å². The maximum Gasteiger partial charge on any atom is 0.265 e. The van der Waals surface area contributed by atoms with Crippen LogP contribution in [-0.2, 0) is 4.79 Å². The van der Waals surface area contributed by atoms with E-state index in [2.05, 4.69) is 0 Å². The second kappa shape index (κ2) is 7.74. The van der Waals surface area contributed by atoms with Gasteiger partial charge in [0.15, 0.2) is 6.61 Å². The molecule has 0 saturated heterocycles. The Morgan fingerprint density at radius 3 is 2.74 bits per heavy atom. The molecule has 6 heteroatoms. The van der Waals surface area contributed by atoms with Crippen LogP contribution in [0.1, 0.15) is 6.42 Å². The molecule has 1 amide bonds. The molecule has 3 rings (SSSR count). The van der Waals surface area contributed by atoms with E-state index >= 15 is 0 Å². The monoisotopic (exact) mass is 334 g/mol. The number of ether oxygens (including phenoxy) is 2. The van der Waals surface area contributed by atoms with Gasteiger partial charge in [0.05, 0.1) is 12.3 Å². The van der Waals surface area contributed by atoms with Crippen molar-refractivity contribution in [2.45, 2.75) is 6.42 Å². The third-order valence-corrected chi connectivity index (χ3v) is 3.46. The Labute approximate surface area is 141 Å². The molecular weight excluding hydrogens is 316 g/mol. The third-order valence-electron chi connectivity index (χ3n) is 3.46. The number of nitrogen functional groups attached to an aromatic ring is 1. The number of amides is 1. The number of carbonyl (C=O) groups excluding carboxylic acids is 1. The van der Waals surface area contributed by atoms with E-state index in [0.29, 0.717) is 24.6 Å². The van der Waals surface area contributed by atoms with E-state index in [1.807, 2.05) is 30.3 Å². The second-order valence-electron chi connectivity index (χ2n) is 5.08. The first-order valence-electron chi connectivity index (χ1n) is 7.24. The fourth-order valence-corrected chi connectivity index (χ4v) is 2.39. The number of carbonyl (C=O) groups is 1. The highest BCUT2D eigenvalue weighted by atomic mass is 35.5. The van der Waals surface area contributed by atoms with Gasteiger partial charge in [0.25, 0.3) is 5.91 Å². The highest BCUT2D eigenvalue weighted by Gasteiger charge is 2.25. The van der Waals surface area contributed by atoms with Crippen LogP contribution in [0.2, 0.25) is 0 Å². The predicted molar refractivity (Wildman–Crippen MR) is 92.5 cm³/mol. The number of benzene rings is 2. The minimum atomic E-state index is -0.0576. The van der Waals surface area contributed by atoms with Gasteiger partial charge in [-0.25, -0.2) is 0 Å². The Hall–Kier alpha value is -2.40. The lowest BCUT2D eigenvalue weighted by molar-refractivity contribution is -0.121. The van der Waals surface area contributed by atoms with Crippen LogP contribution in [0.3, 0.4) is 0 Å². The zero-order chi connectivity index (χ0) is 15.4. The molecule has 5 nitrogen and oxygen atoms in total. The molecule has 0 fully saturated rings. The van der Waals surface area contributed by atoms with Gasteiger partial charge in [0, 0.05) is 12.2 Å². The number of anilines is 2. The van der Waals surface area contributed by atoms with Crippen molar-refractivity contribution < 1.29 is 14.3 Å². The summed E-state index contributed by atoms with van der Waals surface area (Å²) in [6, 6.07) is 15.0. The highest BCUT2D eigenvalue weighted by Crippen LogP contribution is 2.33. The number of fused-ring (bicyclic) bond motifs is 1. The van der Waals surface area contributed by atoms with E-state index in [9.17, 15) is 4.79 Å². The minimum Gasteiger partial charge on any atom is -0.494 e. The zero-order valence-corrected chi connectivity index (χ0v) is 13.4. The van der Waals surface area contributed by atoms with E-state index in [1.165, 1.54) is 0 Å². The molecule has 0 atom stereocenters. The number of hydrogen-bond donors (Lipinski definition) is 1. The molecule has 1 aliphatic heterocycles. The molecule has 0 aromatic heterocycles. The van der Waals surface area contributed by atoms with Crippen molar-refractivity contribution in [3.63, 3.8) is 0 Å². The summed E-state index contributed by atoms with van der Waals surface area (Å²) in [6.45, 7) is 1.19. The number of rotatable bonds is 5. The molecule has 0 radical (unpaired) electrons. The average Bonchev–Trinajstić information content (AvgIpc) is 2.54. The maximum absolute atomic E-state index is 12.1. The van der Waals surface area contributed by atoms with E-state index < -0.39 is 0 Å². The van der Waals surface area contributed by atoms with E-state index in [-0.39, 0.29) is 24.9 Å². The Morgan fingerprint density at radius 1 is 1.17 bits per heavy atom. The van der Waals surface area contributed by atoms with Crippen LogP contribution in [0.4, 0.5) is 11.4 Å². The Balaban J connectivity index is 0.00000192. The third kappa shape index (κ3) is 4.07. The van der Waals surface area contributed by atoms with E-state index in [4.69, 9.17) is 15.2 Å². The number of halogens is 1. The van der Waals surface area contributed by atoms with Gasteiger partial charge in [0.2, 0.25) is 0 Å². The van der Waals surface area contributed by atoms with Crippen LogP contribution in [-0.4, -0.2) is 25.7 Å². The fraction of sp³-hybridized carbons (Fsp3) is 0.235. The summed E-state index contributed by atoms with van der Waals surface area (Å²) in [5.74, 6) is 1.47. The van der Waals surface area contributed by atoms with Crippen LogP contribution in [0.25, 0.3) is 0 Å². The molecule has 1 heterocycles. The van der Waals surface area contributed by atoms with Gasteiger partial charge in [-0.15, -0.1) is 12.4 Å². The minimum absolute atomic E-state index is 0. The molecule has 2 N–H and O–H groups in total. The first-order chi connectivity index (χ1) is 10.7. The molecule has 0 aliphatic carbocycles. The lowest BCUT2D eigenvalue weighted by Gasteiger charge is -2.29. The molecule has 0 bridgehead atoms. The normalized spacial score (nSPS) is 12.9. The number of nitrogens with two attached hydrogens (primary N) is 1. The first-order valence-corrected chi connectivity index (χ1v) is 7.24. The summed E-state index contributed by atoms with van der Waals surface area (Å²) in [5.41, 5.74) is 7.15. The Morgan fingerprint density at radius 2 is 1.96 bits per heavy atom. The van der Waals surface area contributed by atoms with Gasteiger partial charge in [-0.2, -0.15) is 0 Å². The number of para-hydroxylation sites is 1. The van der Waals surface area contributed by atoms with Gasteiger partial charge in [-0.05, 0) is 36.8 Å². The molecule has 122 valence electrons. The molecule has 0 unspecified atom stereocenters. The molecular formula is C17H19ClN2O3. The van der Waals surface area contributed by atoms with Crippen LogP contribution in [0, 0.1) is 0 Å². The lowest BCUT2D eigenvalue weighted by atomic mass is 10.2. The molecule has 0 saturated carbocycles. The van der Waals surface area contributed by atoms with E-state index in [1.54, 1.807) is 23.1 Å². The van der Waals surface area contributed by atoms with Crippen LogP contribution < -0.4 is 20.1 Å². The summed E-state index contributed by atoms with van der Waals surface area (Å²) in [7, 11) is 0. The van der Waals surface area contributed by atoms with Crippen LogP contribution >= 0.6 is 12.4 Å². The standard InChI is InChI=1S/C17H18N2O3.ClH/c18-13-7-8-16-15(11-13)19(17(20)12-22-16)9-4-10-21-14-5-2-1-3-6-14;/h1-3,5-8,11H,4,9-10,12,18H2;1H. The van der Waals surface area contributed by atoms with Crippen molar-refractivity contribution in [2.24, 2.45) is 0 Å². The second-order valence-corrected chi connectivity index (χ2v) is 5.08. The molecule has 1 aliphatic rings.